The number of carbonyl (C=O) groups excluding carboxylic acids is 2. The van der Waals surface area contributed by atoms with Gasteiger partial charge in [0.1, 0.15) is 5.75 Å². The first-order chi connectivity index (χ1) is 12.5. The first-order valence-corrected chi connectivity index (χ1v) is 8.95. The van der Waals surface area contributed by atoms with E-state index in [-0.39, 0.29) is 11.8 Å². The van der Waals surface area contributed by atoms with Crippen molar-refractivity contribution >= 4 is 29.1 Å². The zero-order valence-electron chi connectivity index (χ0n) is 15.2. The quantitative estimate of drug-likeness (QED) is 0.789. The van der Waals surface area contributed by atoms with Crippen LogP contribution >= 0.6 is 11.6 Å². The number of amides is 2. The number of anilines is 1. The largest absolute Gasteiger partial charge is 0.481 e. The highest BCUT2D eigenvalue weighted by Gasteiger charge is 2.20. The minimum atomic E-state index is -0.729. The van der Waals surface area contributed by atoms with Crippen molar-refractivity contribution in [3.05, 3.63) is 59.1 Å². The third kappa shape index (κ3) is 4.99. The average Bonchev–Trinajstić information content (AvgIpc) is 2.64. The fraction of sp³-hybridized carbons (Fsp3) is 0.300. The molecule has 0 unspecified atom stereocenters. The van der Waals surface area contributed by atoms with Gasteiger partial charge in [-0.1, -0.05) is 23.7 Å². The maximum atomic E-state index is 12.6. The highest BCUT2D eigenvalue weighted by molar-refractivity contribution is 6.30. The van der Waals surface area contributed by atoms with Crippen molar-refractivity contribution in [1.29, 1.82) is 0 Å². The Morgan fingerprint density at radius 2 is 1.69 bits per heavy atom. The van der Waals surface area contributed by atoms with Gasteiger partial charge in [0.2, 0.25) is 0 Å². The summed E-state index contributed by atoms with van der Waals surface area (Å²) in [5, 5.41) is 3.38. The highest BCUT2D eigenvalue weighted by Crippen LogP contribution is 2.20. The van der Waals surface area contributed by atoms with Gasteiger partial charge in [0.25, 0.3) is 11.8 Å². The molecule has 0 bridgehead atoms. The van der Waals surface area contributed by atoms with E-state index in [9.17, 15) is 9.59 Å². The SMILES string of the molecule is CCN(CC)C(=O)c1ccccc1NC(=O)[C@H](C)Oc1ccc(Cl)cc1. The van der Waals surface area contributed by atoms with Crippen molar-refractivity contribution in [3.63, 3.8) is 0 Å². The maximum Gasteiger partial charge on any atom is 0.265 e. The lowest BCUT2D eigenvalue weighted by molar-refractivity contribution is -0.122. The number of carbonyl (C=O) groups is 2. The van der Waals surface area contributed by atoms with Crippen LogP contribution in [0.5, 0.6) is 5.75 Å². The zero-order valence-corrected chi connectivity index (χ0v) is 15.9. The summed E-state index contributed by atoms with van der Waals surface area (Å²) in [6, 6.07) is 13.8. The molecule has 0 heterocycles. The normalized spacial score (nSPS) is 11.5. The van der Waals surface area contributed by atoms with Crippen molar-refractivity contribution in [2.75, 3.05) is 18.4 Å². The molecule has 138 valence electrons. The number of benzene rings is 2. The molecule has 0 aliphatic carbocycles. The molecule has 0 aliphatic heterocycles. The molecular weight excluding hydrogens is 352 g/mol. The summed E-state index contributed by atoms with van der Waals surface area (Å²) in [6.07, 6.45) is -0.729. The fourth-order valence-corrected chi connectivity index (χ4v) is 2.59. The Morgan fingerprint density at radius 3 is 2.31 bits per heavy atom. The summed E-state index contributed by atoms with van der Waals surface area (Å²) in [5.41, 5.74) is 0.934. The molecule has 1 atom stereocenters. The molecule has 5 nitrogen and oxygen atoms in total. The Hall–Kier alpha value is -2.53. The number of nitrogens with one attached hydrogen (secondary N) is 1. The van der Waals surface area contributed by atoms with Gasteiger partial charge in [-0.25, -0.2) is 0 Å². The van der Waals surface area contributed by atoms with Gasteiger partial charge in [-0.15, -0.1) is 0 Å². The van der Waals surface area contributed by atoms with Crippen LogP contribution in [0.15, 0.2) is 48.5 Å². The summed E-state index contributed by atoms with van der Waals surface area (Å²) in [5.74, 6) is 0.0986. The fourth-order valence-electron chi connectivity index (χ4n) is 2.46. The van der Waals surface area contributed by atoms with E-state index in [1.54, 1.807) is 60.4 Å². The molecule has 1 N–H and O–H groups in total. The van der Waals surface area contributed by atoms with Crippen LogP contribution in [-0.2, 0) is 4.79 Å². The van der Waals surface area contributed by atoms with Gasteiger partial charge in [0, 0.05) is 18.1 Å². The number of hydrogen-bond donors (Lipinski definition) is 1. The Morgan fingerprint density at radius 1 is 1.08 bits per heavy atom. The first kappa shape index (κ1) is 19.8. The minimum absolute atomic E-state index is 0.114. The van der Waals surface area contributed by atoms with Gasteiger partial charge in [-0.2, -0.15) is 0 Å². The van der Waals surface area contributed by atoms with Crippen molar-refractivity contribution < 1.29 is 14.3 Å². The van der Waals surface area contributed by atoms with Gasteiger partial charge < -0.3 is 15.0 Å². The lowest BCUT2D eigenvalue weighted by atomic mass is 10.1. The van der Waals surface area contributed by atoms with E-state index in [0.29, 0.717) is 35.1 Å². The van der Waals surface area contributed by atoms with E-state index in [0.717, 1.165) is 0 Å². The van der Waals surface area contributed by atoms with E-state index >= 15 is 0 Å². The van der Waals surface area contributed by atoms with Gasteiger partial charge in [0.05, 0.1) is 11.3 Å². The third-order valence-electron chi connectivity index (χ3n) is 3.96. The molecule has 2 aromatic carbocycles. The second-order valence-corrected chi connectivity index (χ2v) is 6.16. The lowest BCUT2D eigenvalue weighted by Gasteiger charge is -2.21. The van der Waals surface area contributed by atoms with Crippen molar-refractivity contribution in [1.82, 2.24) is 4.90 Å². The van der Waals surface area contributed by atoms with Crippen LogP contribution in [0.1, 0.15) is 31.1 Å². The number of ether oxygens (including phenoxy) is 1. The molecule has 26 heavy (non-hydrogen) atoms. The molecule has 0 radical (unpaired) electrons. The minimum Gasteiger partial charge on any atom is -0.481 e. The molecule has 0 aromatic heterocycles. The van der Waals surface area contributed by atoms with Crippen LogP contribution in [0.4, 0.5) is 5.69 Å². The first-order valence-electron chi connectivity index (χ1n) is 8.57. The predicted molar refractivity (Wildman–Crippen MR) is 104 cm³/mol. The van der Waals surface area contributed by atoms with Gasteiger partial charge >= 0.3 is 0 Å². The summed E-state index contributed by atoms with van der Waals surface area (Å²) in [7, 11) is 0. The van der Waals surface area contributed by atoms with E-state index in [1.807, 2.05) is 13.8 Å². The van der Waals surface area contributed by atoms with Crippen LogP contribution in [0.2, 0.25) is 5.02 Å². The summed E-state index contributed by atoms with van der Waals surface area (Å²) >= 11 is 5.84. The van der Waals surface area contributed by atoms with Crippen LogP contribution < -0.4 is 10.1 Å². The van der Waals surface area contributed by atoms with Crippen LogP contribution in [0.3, 0.4) is 0 Å². The highest BCUT2D eigenvalue weighted by atomic mass is 35.5. The molecule has 2 rings (SSSR count). The smallest absolute Gasteiger partial charge is 0.265 e. The van der Waals surface area contributed by atoms with Gasteiger partial charge in [0.15, 0.2) is 6.10 Å². The molecule has 0 spiro atoms. The van der Waals surface area contributed by atoms with E-state index in [2.05, 4.69) is 5.32 Å². The summed E-state index contributed by atoms with van der Waals surface area (Å²) < 4.78 is 5.63. The monoisotopic (exact) mass is 374 g/mol. The third-order valence-corrected chi connectivity index (χ3v) is 4.21. The number of hydrogen-bond acceptors (Lipinski definition) is 3. The Bertz CT molecular complexity index is 758. The second kappa shape index (κ2) is 9.25. The lowest BCUT2D eigenvalue weighted by Crippen LogP contribution is -2.33. The van der Waals surface area contributed by atoms with E-state index < -0.39 is 6.10 Å². The van der Waals surface area contributed by atoms with Crippen LogP contribution in [0.25, 0.3) is 0 Å². The summed E-state index contributed by atoms with van der Waals surface area (Å²) in [4.78, 5) is 26.8. The average molecular weight is 375 g/mol. The summed E-state index contributed by atoms with van der Waals surface area (Å²) in [6.45, 7) is 6.70. The molecule has 2 amide bonds. The van der Waals surface area contributed by atoms with Crippen molar-refractivity contribution in [2.45, 2.75) is 26.9 Å². The second-order valence-electron chi connectivity index (χ2n) is 5.73. The number of para-hydroxylation sites is 1. The van der Waals surface area contributed by atoms with Gasteiger partial charge in [-0.05, 0) is 57.2 Å². The number of rotatable bonds is 7. The number of halogens is 1. The number of nitrogens with zero attached hydrogens (tertiary/aromatic N) is 1. The topological polar surface area (TPSA) is 58.6 Å². The van der Waals surface area contributed by atoms with E-state index in [4.69, 9.17) is 16.3 Å². The molecule has 0 saturated carbocycles. The molecule has 6 heteroatoms. The molecule has 0 aliphatic rings. The van der Waals surface area contributed by atoms with Crippen LogP contribution in [-0.4, -0.2) is 35.9 Å². The molecule has 0 saturated heterocycles. The Kier molecular flexibility index (Phi) is 7.04. The van der Waals surface area contributed by atoms with Crippen molar-refractivity contribution in [3.8, 4) is 5.75 Å². The van der Waals surface area contributed by atoms with Crippen LogP contribution in [0, 0.1) is 0 Å². The molecule has 2 aromatic rings. The van der Waals surface area contributed by atoms with Crippen molar-refractivity contribution in [2.24, 2.45) is 0 Å². The Balaban J connectivity index is 2.11. The zero-order chi connectivity index (χ0) is 19.1. The Labute approximate surface area is 158 Å². The van der Waals surface area contributed by atoms with E-state index in [1.165, 1.54) is 0 Å². The maximum absolute atomic E-state index is 12.6. The standard InChI is InChI=1S/C20H23ClN2O3/c1-4-23(5-2)20(25)17-8-6-7-9-18(17)22-19(24)14(3)26-16-12-10-15(21)11-13-16/h6-14H,4-5H2,1-3H3,(H,22,24)/t14-/m0/s1. The molecule has 0 fully saturated rings. The van der Waals surface area contributed by atoms with Gasteiger partial charge in [-0.3, -0.25) is 9.59 Å². The molecular formula is C20H23ClN2O3. The predicted octanol–water partition coefficient (Wildman–Crippen LogP) is 4.23.